The fourth-order valence-corrected chi connectivity index (χ4v) is 2.30. The van der Waals surface area contributed by atoms with Gasteiger partial charge in [-0.1, -0.05) is 18.2 Å². The number of aromatic amines is 1. The second-order valence-corrected chi connectivity index (χ2v) is 5.11. The van der Waals surface area contributed by atoms with Crippen LogP contribution in [0.2, 0.25) is 0 Å². The number of hydrogen-bond donors (Lipinski definition) is 3. The number of aryl methyl sites for hydroxylation is 1. The smallest absolute Gasteiger partial charge is 0.230 e. The van der Waals surface area contributed by atoms with Gasteiger partial charge in [0, 0.05) is 12.3 Å². The SMILES string of the molecule is Cc1[nH]nc(Nc2ccccc2)c1NC(=O)C1CCOC1. The molecule has 1 amide bonds. The van der Waals surface area contributed by atoms with Crippen molar-refractivity contribution in [2.75, 3.05) is 23.8 Å². The summed E-state index contributed by atoms with van der Waals surface area (Å²) >= 11 is 0. The quantitative estimate of drug-likeness (QED) is 0.806. The van der Waals surface area contributed by atoms with Gasteiger partial charge in [0.2, 0.25) is 5.91 Å². The molecule has 6 heteroatoms. The summed E-state index contributed by atoms with van der Waals surface area (Å²) in [7, 11) is 0. The van der Waals surface area contributed by atoms with E-state index >= 15 is 0 Å². The van der Waals surface area contributed by atoms with Gasteiger partial charge in [0.1, 0.15) is 5.69 Å². The van der Waals surface area contributed by atoms with Crippen molar-refractivity contribution in [3.05, 3.63) is 36.0 Å². The number of H-pyrrole nitrogens is 1. The van der Waals surface area contributed by atoms with Crippen molar-refractivity contribution >= 4 is 23.1 Å². The number of para-hydroxylation sites is 1. The number of amides is 1. The van der Waals surface area contributed by atoms with Gasteiger partial charge >= 0.3 is 0 Å². The molecule has 1 saturated heterocycles. The van der Waals surface area contributed by atoms with Crippen molar-refractivity contribution in [3.8, 4) is 0 Å². The zero-order valence-electron chi connectivity index (χ0n) is 11.8. The lowest BCUT2D eigenvalue weighted by molar-refractivity contribution is -0.119. The molecule has 1 aliphatic rings. The van der Waals surface area contributed by atoms with Gasteiger partial charge in [-0.25, -0.2) is 0 Å². The average Bonchev–Trinajstić information content (AvgIpc) is 3.13. The maximum Gasteiger partial charge on any atom is 0.230 e. The Morgan fingerprint density at radius 2 is 2.19 bits per heavy atom. The number of carbonyl (C=O) groups excluding carboxylic acids is 1. The standard InChI is InChI=1S/C15H18N4O2/c1-10-13(17-15(20)11-7-8-21-9-11)14(19-18-10)16-12-5-3-2-4-6-12/h2-6,11H,7-9H2,1H3,(H,17,20)(H2,16,18,19). The first-order valence-corrected chi connectivity index (χ1v) is 6.99. The molecule has 1 aromatic carbocycles. The molecule has 0 radical (unpaired) electrons. The first kappa shape index (κ1) is 13.6. The van der Waals surface area contributed by atoms with E-state index < -0.39 is 0 Å². The minimum absolute atomic E-state index is 0.0203. The Morgan fingerprint density at radius 3 is 2.90 bits per heavy atom. The van der Waals surface area contributed by atoms with E-state index in [2.05, 4.69) is 20.8 Å². The molecule has 1 aliphatic heterocycles. The number of ether oxygens (including phenoxy) is 1. The van der Waals surface area contributed by atoms with Crippen molar-refractivity contribution in [3.63, 3.8) is 0 Å². The van der Waals surface area contributed by atoms with E-state index in [4.69, 9.17) is 4.74 Å². The average molecular weight is 286 g/mol. The normalized spacial score (nSPS) is 17.7. The summed E-state index contributed by atoms with van der Waals surface area (Å²) in [5, 5.41) is 13.3. The predicted molar refractivity (Wildman–Crippen MR) is 80.6 cm³/mol. The number of benzene rings is 1. The lowest BCUT2D eigenvalue weighted by Crippen LogP contribution is -2.23. The van der Waals surface area contributed by atoms with Crippen LogP contribution in [0.1, 0.15) is 12.1 Å². The van der Waals surface area contributed by atoms with E-state index in [0.29, 0.717) is 24.7 Å². The third-order valence-corrected chi connectivity index (χ3v) is 3.53. The van der Waals surface area contributed by atoms with Gasteiger partial charge in [-0.15, -0.1) is 0 Å². The molecule has 2 heterocycles. The van der Waals surface area contributed by atoms with Gasteiger partial charge < -0.3 is 15.4 Å². The Hall–Kier alpha value is -2.34. The van der Waals surface area contributed by atoms with Crippen LogP contribution in [0.4, 0.5) is 17.2 Å². The van der Waals surface area contributed by atoms with Crippen LogP contribution >= 0.6 is 0 Å². The highest BCUT2D eigenvalue weighted by Crippen LogP contribution is 2.27. The first-order chi connectivity index (χ1) is 10.2. The highest BCUT2D eigenvalue weighted by Gasteiger charge is 2.25. The molecule has 1 unspecified atom stereocenters. The maximum atomic E-state index is 12.2. The summed E-state index contributed by atoms with van der Waals surface area (Å²) in [6.45, 7) is 3.02. The first-order valence-electron chi connectivity index (χ1n) is 6.99. The van der Waals surface area contributed by atoms with Crippen LogP contribution in [0.15, 0.2) is 30.3 Å². The molecular weight excluding hydrogens is 268 g/mol. The zero-order chi connectivity index (χ0) is 14.7. The molecule has 110 valence electrons. The summed E-state index contributed by atoms with van der Waals surface area (Å²) < 4.78 is 5.25. The van der Waals surface area contributed by atoms with Crippen LogP contribution in [0, 0.1) is 12.8 Å². The summed E-state index contributed by atoms with van der Waals surface area (Å²) in [5.41, 5.74) is 2.43. The molecular formula is C15H18N4O2. The lowest BCUT2D eigenvalue weighted by Gasteiger charge is -2.11. The van der Waals surface area contributed by atoms with Crippen molar-refractivity contribution in [2.24, 2.45) is 5.92 Å². The number of rotatable bonds is 4. The van der Waals surface area contributed by atoms with E-state index in [9.17, 15) is 4.79 Å². The number of hydrogen-bond acceptors (Lipinski definition) is 4. The van der Waals surface area contributed by atoms with E-state index in [1.807, 2.05) is 37.3 Å². The maximum absolute atomic E-state index is 12.2. The fraction of sp³-hybridized carbons (Fsp3) is 0.333. The lowest BCUT2D eigenvalue weighted by atomic mass is 10.1. The molecule has 1 atom stereocenters. The van der Waals surface area contributed by atoms with Crippen LogP contribution in [0.5, 0.6) is 0 Å². The summed E-state index contributed by atoms with van der Waals surface area (Å²) in [6.07, 6.45) is 0.768. The number of anilines is 3. The molecule has 1 aromatic heterocycles. The van der Waals surface area contributed by atoms with Crippen LogP contribution in [-0.4, -0.2) is 29.3 Å². The summed E-state index contributed by atoms with van der Waals surface area (Å²) in [5.74, 6) is 0.517. The van der Waals surface area contributed by atoms with Crippen molar-refractivity contribution < 1.29 is 9.53 Å². The second-order valence-electron chi connectivity index (χ2n) is 5.11. The van der Waals surface area contributed by atoms with Crippen molar-refractivity contribution in [1.29, 1.82) is 0 Å². The minimum Gasteiger partial charge on any atom is -0.381 e. The molecule has 0 aliphatic carbocycles. The highest BCUT2D eigenvalue weighted by atomic mass is 16.5. The molecule has 0 bridgehead atoms. The molecule has 1 fully saturated rings. The van der Waals surface area contributed by atoms with Gasteiger partial charge in [0.15, 0.2) is 5.82 Å². The molecule has 0 spiro atoms. The summed E-state index contributed by atoms with van der Waals surface area (Å²) in [6, 6.07) is 9.72. The Bertz CT molecular complexity index is 618. The van der Waals surface area contributed by atoms with Crippen molar-refractivity contribution in [2.45, 2.75) is 13.3 Å². The zero-order valence-corrected chi connectivity index (χ0v) is 11.8. The Kier molecular flexibility index (Phi) is 3.87. The minimum atomic E-state index is -0.0797. The third-order valence-electron chi connectivity index (χ3n) is 3.53. The van der Waals surface area contributed by atoms with Gasteiger partial charge in [-0.2, -0.15) is 5.10 Å². The Balaban J connectivity index is 1.75. The van der Waals surface area contributed by atoms with Gasteiger partial charge in [-0.05, 0) is 25.5 Å². The largest absolute Gasteiger partial charge is 0.381 e. The van der Waals surface area contributed by atoms with Gasteiger partial charge in [-0.3, -0.25) is 9.89 Å². The molecule has 2 aromatic rings. The van der Waals surface area contributed by atoms with Gasteiger partial charge in [0.05, 0.1) is 18.2 Å². The topological polar surface area (TPSA) is 79.0 Å². The second kappa shape index (κ2) is 5.97. The molecule has 6 nitrogen and oxygen atoms in total. The monoisotopic (exact) mass is 286 g/mol. The highest BCUT2D eigenvalue weighted by molar-refractivity contribution is 5.96. The molecule has 3 rings (SSSR count). The van der Waals surface area contributed by atoms with E-state index in [-0.39, 0.29) is 11.8 Å². The van der Waals surface area contributed by atoms with E-state index in [0.717, 1.165) is 17.8 Å². The van der Waals surface area contributed by atoms with Crippen LogP contribution in [0.25, 0.3) is 0 Å². The van der Waals surface area contributed by atoms with Crippen LogP contribution in [-0.2, 0) is 9.53 Å². The third kappa shape index (κ3) is 3.05. The predicted octanol–water partition coefficient (Wildman–Crippen LogP) is 2.44. The van der Waals surface area contributed by atoms with E-state index in [1.165, 1.54) is 0 Å². The Morgan fingerprint density at radius 1 is 1.38 bits per heavy atom. The molecule has 0 saturated carbocycles. The number of nitrogens with one attached hydrogen (secondary N) is 3. The van der Waals surface area contributed by atoms with Gasteiger partial charge in [0.25, 0.3) is 0 Å². The number of nitrogens with zero attached hydrogens (tertiary/aromatic N) is 1. The van der Waals surface area contributed by atoms with Crippen molar-refractivity contribution in [1.82, 2.24) is 10.2 Å². The van der Waals surface area contributed by atoms with Crippen LogP contribution in [0.3, 0.4) is 0 Å². The molecule has 21 heavy (non-hydrogen) atoms. The summed E-state index contributed by atoms with van der Waals surface area (Å²) in [4.78, 5) is 12.2. The number of aromatic nitrogens is 2. The van der Waals surface area contributed by atoms with E-state index in [1.54, 1.807) is 0 Å². The molecule has 3 N–H and O–H groups in total. The Labute approximate surface area is 122 Å². The van der Waals surface area contributed by atoms with Crippen LogP contribution < -0.4 is 10.6 Å². The number of carbonyl (C=O) groups is 1. The fourth-order valence-electron chi connectivity index (χ4n) is 2.30.